The fourth-order valence-corrected chi connectivity index (χ4v) is 4.01. The molecule has 0 amide bonds. The number of carbonyl (C=O) groups is 1. The molecule has 1 fully saturated rings. The summed E-state index contributed by atoms with van der Waals surface area (Å²) in [6.07, 6.45) is 1.30. The molecule has 1 aliphatic heterocycles. The molecule has 7 heteroatoms. The molecule has 21 heavy (non-hydrogen) atoms. The van der Waals surface area contributed by atoms with Gasteiger partial charge in [0.1, 0.15) is 11.5 Å². The second-order valence-corrected chi connectivity index (χ2v) is 7.48. The van der Waals surface area contributed by atoms with E-state index in [-0.39, 0.29) is 22.4 Å². The minimum atomic E-state index is -3.49. The average Bonchev–Trinajstić information content (AvgIpc) is 2.90. The largest absolute Gasteiger partial charge is 0.495 e. The Labute approximate surface area is 129 Å². The number of Topliss-reactive ketones (excluding diaryl/α,β-unsaturated/α-hetero) is 1. The van der Waals surface area contributed by atoms with E-state index in [2.05, 4.69) is 0 Å². The summed E-state index contributed by atoms with van der Waals surface area (Å²) in [4.78, 5) is 12.1. The molecule has 2 rings (SSSR count). The van der Waals surface area contributed by atoms with Crippen molar-refractivity contribution in [1.82, 2.24) is 0 Å². The van der Waals surface area contributed by atoms with Crippen molar-refractivity contribution in [2.45, 2.75) is 18.9 Å². The van der Waals surface area contributed by atoms with E-state index in [9.17, 15) is 13.2 Å². The van der Waals surface area contributed by atoms with Crippen molar-refractivity contribution < 1.29 is 22.7 Å². The van der Waals surface area contributed by atoms with E-state index in [0.29, 0.717) is 12.4 Å². The molecule has 116 valence electrons. The van der Waals surface area contributed by atoms with Gasteiger partial charge in [0.15, 0.2) is 15.6 Å². The molecule has 1 saturated heterocycles. The van der Waals surface area contributed by atoms with Crippen molar-refractivity contribution in [2.75, 3.05) is 25.2 Å². The minimum Gasteiger partial charge on any atom is -0.495 e. The van der Waals surface area contributed by atoms with E-state index in [0.717, 1.165) is 12.8 Å². The van der Waals surface area contributed by atoms with Crippen molar-refractivity contribution in [3.05, 3.63) is 28.8 Å². The van der Waals surface area contributed by atoms with E-state index in [1.807, 2.05) is 0 Å². The van der Waals surface area contributed by atoms with Crippen LogP contribution in [0.1, 0.15) is 23.2 Å². The molecule has 0 saturated carbocycles. The summed E-state index contributed by atoms with van der Waals surface area (Å²) in [6, 6.07) is 4.47. The number of ketones is 1. The zero-order chi connectivity index (χ0) is 15.5. The predicted molar refractivity (Wildman–Crippen MR) is 80.0 cm³/mol. The molecule has 1 aromatic rings. The monoisotopic (exact) mass is 332 g/mol. The highest BCUT2D eigenvalue weighted by atomic mass is 35.5. The van der Waals surface area contributed by atoms with Crippen molar-refractivity contribution in [2.24, 2.45) is 0 Å². The lowest BCUT2D eigenvalue weighted by Crippen LogP contribution is -2.26. The molecule has 5 nitrogen and oxygen atoms in total. The number of benzene rings is 1. The van der Waals surface area contributed by atoms with Gasteiger partial charge in [0.2, 0.25) is 0 Å². The summed E-state index contributed by atoms with van der Waals surface area (Å²) >= 11 is 5.94. The average molecular weight is 333 g/mol. The standard InChI is InChI=1S/C14H17ClO5S/c1-19-14-5-4-10(7-12(14)15)13(16)9-21(17,18)8-11-3-2-6-20-11/h4-5,7,11H,2-3,6,8-9H2,1H3. The second kappa shape index (κ2) is 6.77. The number of hydrogen-bond acceptors (Lipinski definition) is 5. The Bertz CT molecular complexity index is 620. The third-order valence-corrected chi connectivity index (χ3v) is 5.17. The van der Waals surface area contributed by atoms with Gasteiger partial charge >= 0.3 is 0 Å². The summed E-state index contributed by atoms with van der Waals surface area (Å²) in [5.41, 5.74) is 0.261. The Hall–Kier alpha value is -1.11. The Kier molecular flexibility index (Phi) is 5.24. The minimum absolute atomic E-state index is 0.109. The summed E-state index contributed by atoms with van der Waals surface area (Å²) < 4.78 is 34.3. The van der Waals surface area contributed by atoms with E-state index in [1.165, 1.54) is 19.2 Å². The van der Waals surface area contributed by atoms with Crippen LogP contribution in [0.15, 0.2) is 18.2 Å². The zero-order valence-electron chi connectivity index (χ0n) is 11.7. The highest BCUT2D eigenvalue weighted by Gasteiger charge is 2.26. The smallest absolute Gasteiger partial charge is 0.177 e. The normalized spacial score (nSPS) is 18.7. The third-order valence-electron chi connectivity index (χ3n) is 3.29. The molecule has 1 unspecified atom stereocenters. The lowest BCUT2D eigenvalue weighted by molar-refractivity contribution is 0.102. The van der Waals surface area contributed by atoms with Gasteiger partial charge in [0.25, 0.3) is 0 Å². The lowest BCUT2D eigenvalue weighted by atomic mass is 10.1. The molecular weight excluding hydrogens is 316 g/mol. The molecule has 1 aliphatic rings. The Morgan fingerprint density at radius 2 is 2.24 bits per heavy atom. The predicted octanol–water partition coefficient (Wildman–Crippen LogP) is 2.13. The number of rotatable bonds is 6. The van der Waals surface area contributed by atoms with Gasteiger partial charge in [-0.05, 0) is 31.0 Å². The van der Waals surface area contributed by atoms with Gasteiger partial charge in [-0.1, -0.05) is 11.6 Å². The van der Waals surface area contributed by atoms with Gasteiger partial charge in [-0.2, -0.15) is 0 Å². The van der Waals surface area contributed by atoms with Gasteiger partial charge in [-0.3, -0.25) is 4.79 Å². The van der Waals surface area contributed by atoms with Crippen LogP contribution >= 0.6 is 11.6 Å². The van der Waals surface area contributed by atoms with Crippen molar-refractivity contribution in [1.29, 1.82) is 0 Å². The number of carbonyl (C=O) groups excluding carboxylic acids is 1. The van der Waals surface area contributed by atoms with Crippen LogP contribution in [0, 0.1) is 0 Å². The summed E-state index contributed by atoms with van der Waals surface area (Å²) in [7, 11) is -2.02. The Morgan fingerprint density at radius 1 is 1.48 bits per heavy atom. The quantitative estimate of drug-likeness (QED) is 0.746. The molecule has 1 aromatic carbocycles. The summed E-state index contributed by atoms with van der Waals surface area (Å²) in [5, 5.41) is 0.278. The number of hydrogen-bond donors (Lipinski definition) is 0. The molecule has 0 spiro atoms. The topological polar surface area (TPSA) is 69.7 Å². The molecule has 1 atom stereocenters. The lowest BCUT2D eigenvalue weighted by Gasteiger charge is -2.10. The third kappa shape index (κ3) is 4.43. The summed E-state index contributed by atoms with van der Waals surface area (Å²) in [5.74, 6) is -0.675. The molecule has 0 aliphatic carbocycles. The van der Waals surface area contributed by atoms with Crippen molar-refractivity contribution in [3.8, 4) is 5.75 Å². The maximum absolute atomic E-state index is 12.1. The number of ether oxygens (including phenoxy) is 2. The Morgan fingerprint density at radius 3 is 2.81 bits per heavy atom. The summed E-state index contributed by atoms with van der Waals surface area (Å²) in [6.45, 7) is 0.586. The van der Waals surface area contributed by atoms with E-state index >= 15 is 0 Å². The first kappa shape index (κ1) is 16.3. The number of halogens is 1. The van der Waals surface area contributed by atoms with Crippen LogP contribution in [-0.2, 0) is 14.6 Å². The van der Waals surface area contributed by atoms with Gasteiger partial charge < -0.3 is 9.47 Å². The zero-order valence-corrected chi connectivity index (χ0v) is 13.2. The molecule has 1 heterocycles. The van der Waals surface area contributed by atoms with Crippen LogP contribution in [0.5, 0.6) is 5.75 Å². The van der Waals surface area contributed by atoms with Crippen LogP contribution in [0.2, 0.25) is 5.02 Å². The van der Waals surface area contributed by atoms with Gasteiger partial charge in [0, 0.05) is 12.2 Å². The highest BCUT2D eigenvalue weighted by Crippen LogP contribution is 2.25. The van der Waals surface area contributed by atoms with Crippen LogP contribution in [0.4, 0.5) is 0 Å². The van der Waals surface area contributed by atoms with Crippen molar-refractivity contribution in [3.63, 3.8) is 0 Å². The van der Waals surface area contributed by atoms with Crippen molar-refractivity contribution >= 4 is 27.2 Å². The maximum Gasteiger partial charge on any atom is 0.177 e. The van der Waals surface area contributed by atoms with Gasteiger partial charge in [-0.25, -0.2) is 8.42 Å². The second-order valence-electron chi connectivity index (χ2n) is 4.96. The fourth-order valence-electron chi connectivity index (χ4n) is 2.24. The van der Waals surface area contributed by atoms with Gasteiger partial charge in [-0.15, -0.1) is 0 Å². The Balaban J connectivity index is 2.04. The van der Waals surface area contributed by atoms with E-state index in [4.69, 9.17) is 21.1 Å². The van der Waals surface area contributed by atoms with E-state index < -0.39 is 21.4 Å². The van der Waals surface area contributed by atoms with Crippen LogP contribution in [0.25, 0.3) is 0 Å². The first-order valence-corrected chi connectivity index (χ1v) is 8.80. The molecule has 0 N–H and O–H groups in total. The van der Waals surface area contributed by atoms with Crippen LogP contribution < -0.4 is 4.74 Å². The molecular formula is C14H17ClO5S. The highest BCUT2D eigenvalue weighted by molar-refractivity contribution is 7.92. The number of sulfone groups is 1. The van der Waals surface area contributed by atoms with E-state index in [1.54, 1.807) is 6.07 Å². The molecule has 0 radical (unpaired) electrons. The first-order chi connectivity index (χ1) is 9.91. The first-order valence-electron chi connectivity index (χ1n) is 6.60. The molecule has 0 bridgehead atoms. The fraction of sp³-hybridized carbons (Fsp3) is 0.500. The maximum atomic E-state index is 12.1. The van der Waals surface area contributed by atoms with Crippen LogP contribution in [0.3, 0.4) is 0 Å². The van der Waals surface area contributed by atoms with Gasteiger partial charge in [0.05, 0.1) is 24.0 Å². The molecule has 0 aromatic heterocycles. The SMILES string of the molecule is COc1ccc(C(=O)CS(=O)(=O)CC2CCCO2)cc1Cl. The number of methoxy groups -OCH3 is 1. The van der Waals surface area contributed by atoms with Crippen LogP contribution in [-0.4, -0.2) is 45.5 Å².